The van der Waals surface area contributed by atoms with Crippen LogP contribution in [0.1, 0.15) is 64.2 Å². The number of rotatable bonds is 13. The Balaban J connectivity index is 2.17. The highest BCUT2D eigenvalue weighted by Crippen LogP contribution is 2.29. The molecule has 0 heterocycles. The van der Waals surface area contributed by atoms with Gasteiger partial charge in [-0.05, 0) is 70.7 Å². The summed E-state index contributed by atoms with van der Waals surface area (Å²) in [5, 5.41) is 3.01. The van der Waals surface area contributed by atoms with Gasteiger partial charge in [0.1, 0.15) is 6.04 Å². The van der Waals surface area contributed by atoms with E-state index in [0.29, 0.717) is 44.1 Å². The first kappa shape index (κ1) is 27.2. The Morgan fingerprint density at radius 3 is 2.15 bits per heavy atom. The molecule has 1 N–H and O–H groups in total. The maximum atomic E-state index is 13.4. The number of carbonyl (C=O) groups is 2. The van der Waals surface area contributed by atoms with Gasteiger partial charge in [-0.2, -0.15) is 0 Å². The van der Waals surface area contributed by atoms with Crippen molar-refractivity contribution in [3.05, 3.63) is 59.2 Å². The molecule has 0 radical (unpaired) electrons. The number of aryl methyl sites for hydroxylation is 2. The Hall–Kier alpha value is -3.02. The summed E-state index contributed by atoms with van der Waals surface area (Å²) < 4.78 is 11.4. The summed E-state index contributed by atoms with van der Waals surface area (Å²) in [4.78, 5) is 27.9. The van der Waals surface area contributed by atoms with Crippen LogP contribution in [0.3, 0.4) is 0 Å². The molecule has 2 aromatic rings. The minimum absolute atomic E-state index is 0.0563. The molecule has 0 aliphatic carbocycles. The largest absolute Gasteiger partial charge is 0.490 e. The van der Waals surface area contributed by atoms with Crippen LogP contribution in [0.5, 0.6) is 11.5 Å². The quantitative estimate of drug-likeness (QED) is 0.446. The van der Waals surface area contributed by atoms with Gasteiger partial charge in [-0.1, -0.05) is 42.8 Å². The lowest BCUT2D eigenvalue weighted by atomic mass is 10.1. The molecule has 0 aliphatic rings. The van der Waals surface area contributed by atoms with E-state index in [1.54, 1.807) is 11.8 Å². The van der Waals surface area contributed by atoms with E-state index in [-0.39, 0.29) is 17.9 Å². The van der Waals surface area contributed by atoms with Gasteiger partial charge in [0.15, 0.2) is 11.5 Å². The third kappa shape index (κ3) is 8.08. The van der Waals surface area contributed by atoms with Crippen LogP contribution in [0, 0.1) is 6.92 Å². The molecule has 2 aromatic carbocycles. The van der Waals surface area contributed by atoms with E-state index in [0.717, 1.165) is 23.1 Å². The number of amides is 2. The van der Waals surface area contributed by atoms with Crippen molar-refractivity contribution in [2.75, 3.05) is 13.2 Å². The third-order valence-electron chi connectivity index (χ3n) is 5.88. The molecule has 0 saturated heterocycles. The van der Waals surface area contributed by atoms with Gasteiger partial charge in [0, 0.05) is 19.0 Å². The van der Waals surface area contributed by atoms with Crippen molar-refractivity contribution in [3.63, 3.8) is 0 Å². The highest BCUT2D eigenvalue weighted by molar-refractivity contribution is 5.87. The molecule has 0 unspecified atom stereocenters. The van der Waals surface area contributed by atoms with Crippen LogP contribution < -0.4 is 14.8 Å². The smallest absolute Gasteiger partial charge is 0.242 e. The predicted octanol–water partition coefficient (Wildman–Crippen LogP) is 5.06. The van der Waals surface area contributed by atoms with Gasteiger partial charge in [-0.3, -0.25) is 9.59 Å². The van der Waals surface area contributed by atoms with Crippen LogP contribution in [0.25, 0.3) is 0 Å². The number of nitrogens with one attached hydrogen (secondary N) is 1. The van der Waals surface area contributed by atoms with E-state index < -0.39 is 6.04 Å². The summed E-state index contributed by atoms with van der Waals surface area (Å²) in [6.45, 7) is 13.2. The second kappa shape index (κ2) is 13.6. The zero-order chi connectivity index (χ0) is 25.1. The molecule has 0 bridgehead atoms. The van der Waals surface area contributed by atoms with Crippen molar-refractivity contribution in [1.82, 2.24) is 10.2 Å². The lowest BCUT2D eigenvalue weighted by Crippen LogP contribution is -2.49. The van der Waals surface area contributed by atoms with E-state index in [9.17, 15) is 9.59 Å². The summed E-state index contributed by atoms with van der Waals surface area (Å²) in [7, 11) is 0. The molecule has 0 saturated carbocycles. The van der Waals surface area contributed by atoms with E-state index in [4.69, 9.17) is 9.47 Å². The summed E-state index contributed by atoms with van der Waals surface area (Å²) in [6.07, 6.45) is 1.69. The monoisotopic (exact) mass is 468 g/mol. The van der Waals surface area contributed by atoms with Crippen LogP contribution >= 0.6 is 0 Å². The second-order valence-corrected chi connectivity index (χ2v) is 8.65. The fourth-order valence-corrected chi connectivity index (χ4v) is 3.58. The molecule has 186 valence electrons. The molecule has 6 heteroatoms. The summed E-state index contributed by atoms with van der Waals surface area (Å²) in [6, 6.07) is 13.4. The number of ether oxygens (including phenoxy) is 2. The highest BCUT2D eigenvalue weighted by Gasteiger charge is 2.26. The maximum Gasteiger partial charge on any atom is 0.242 e. The van der Waals surface area contributed by atoms with Gasteiger partial charge in [0.25, 0.3) is 0 Å². The Labute approximate surface area is 204 Å². The van der Waals surface area contributed by atoms with Crippen molar-refractivity contribution in [2.24, 2.45) is 0 Å². The Morgan fingerprint density at radius 2 is 1.53 bits per heavy atom. The summed E-state index contributed by atoms with van der Waals surface area (Å²) >= 11 is 0. The fourth-order valence-electron chi connectivity index (χ4n) is 3.58. The lowest BCUT2D eigenvalue weighted by molar-refractivity contribution is -0.140. The van der Waals surface area contributed by atoms with Crippen LogP contribution in [-0.4, -0.2) is 42.0 Å². The van der Waals surface area contributed by atoms with E-state index in [2.05, 4.69) is 5.32 Å². The van der Waals surface area contributed by atoms with Crippen LogP contribution in [0.15, 0.2) is 42.5 Å². The van der Waals surface area contributed by atoms with Crippen molar-refractivity contribution in [1.29, 1.82) is 0 Å². The topological polar surface area (TPSA) is 67.9 Å². The predicted molar refractivity (Wildman–Crippen MR) is 136 cm³/mol. The standard InChI is InChI=1S/C28H40N2O4/c1-7-21(5)29-28(32)22(6)30(19-24-12-10-20(4)11-13-24)27(31)17-15-23-14-16-25(33-8-2)26(18-23)34-9-3/h10-14,16,18,21-22H,7-9,15,17,19H2,1-6H3,(H,29,32)/t21-,22-/m0/s1. The molecule has 6 nitrogen and oxygen atoms in total. The molecular formula is C28H40N2O4. The van der Waals surface area contributed by atoms with Crippen molar-refractivity contribution in [2.45, 2.75) is 79.4 Å². The van der Waals surface area contributed by atoms with Gasteiger partial charge in [0.05, 0.1) is 13.2 Å². The number of hydrogen-bond donors (Lipinski definition) is 1. The van der Waals surface area contributed by atoms with Gasteiger partial charge in [-0.15, -0.1) is 0 Å². The average Bonchev–Trinajstić information content (AvgIpc) is 2.83. The highest BCUT2D eigenvalue weighted by atomic mass is 16.5. The zero-order valence-corrected chi connectivity index (χ0v) is 21.5. The van der Waals surface area contributed by atoms with Crippen molar-refractivity contribution < 1.29 is 19.1 Å². The molecule has 2 rings (SSSR count). The average molecular weight is 469 g/mol. The fraction of sp³-hybridized carbons (Fsp3) is 0.500. The van der Waals surface area contributed by atoms with Crippen molar-refractivity contribution >= 4 is 11.8 Å². The molecule has 0 fully saturated rings. The zero-order valence-electron chi connectivity index (χ0n) is 21.5. The molecule has 0 aliphatic heterocycles. The first-order valence-electron chi connectivity index (χ1n) is 12.3. The van der Waals surface area contributed by atoms with Crippen LogP contribution in [0.4, 0.5) is 0 Å². The normalized spacial score (nSPS) is 12.5. The third-order valence-corrected chi connectivity index (χ3v) is 5.88. The summed E-state index contributed by atoms with van der Waals surface area (Å²) in [5.74, 6) is 1.21. The Kier molecular flexibility index (Phi) is 10.9. The molecule has 2 atom stereocenters. The lowest BCUT2D eigenvalue weighted by Gasteiger charge is -2.30. The Bertz CT molecular complexity index is 927. The first-order chi connectivity index (χ1) is 16.3. The van der Waals surface area contributed by atoms with Crippen LogP contribution in [-0.2, 0) is 22.6 Å². The van der Waals surface area contributed by atoms with E-state index in [1.807, 2.05) is 77.1 Å². The van der Waals surface area contributed by atoms with E-state index >= 15 is 0 Å². The van der Waals surface area contributed by atoms with Crippen LogP contribution in [0.2, 0.25) is 0 Å². The summed E-state index contributed by atoms with van der Waals surface area (Å²) in [5.41, 5.74) is 3.15. The molecule has 34 heavy (non-hydrogen) atoms. The van der Waals surface area contributed by atoms with E-state index in [1.165, 1.54) is 0 Å². The number of benzene rings is 2. The minimum Gasteiger partial charge on any atom is -0.490 e. The number of hydrogen-bond acceptors (Lipinski definition) is 4. The molecule has 2 amide bonds. The first-order valence-corrected chi connectivity index (χ1v) is 12.3. The number of nitrogens with zero attached hydrogens (tertiary/aromatic N) is 1. The van der Waals surface area contributed by atoms with Gasteiger partial charge in [0.2, 0.25) is 11.8 Å². The molecule has 0 spiro atoms. The SMILES string of the molecule is CCOc1ccc(CCC(=O)N(Cc2ccc(C)cc2)[C@@H](C)C(=O)N[C@@H](C)CC)cc1OCC. The Morgan fingerprint density at radius 1 is 0.912 bits per heavy atom. The van der Waals surface area contributed by atoms with Crippen molar-refractivity contribution in [3.8, 4) is 11.5 Å². The maximum absolute atomic E-state index is 13.4. The molecular weight excluding hydrogens is 428 g/mol. The van der Waals surface area contributed by atoms with Gasteiger partial charge >= 0.3 is 0 Å². The van der Waals surface area contributed by atoms with Gasteiger partial charge < -0.3 is 19.7 Å². The number of carbonyl (C=O) groups excluding carboxylic acids is 2. The molecule has 0 aromatic heterocycles. The second-order valence-electron chi connectivity index (χ2n) is 8.65. The van der Waals surface area contributed by atoms with Gasteiger partial charge in [-0.25, -0.2) is 0 Å². The minimum atomic E-state index is -0.567.